The third kappa shape index (κ3) is 4.19. The van der Waals surface area contributed by atoms with E-state index in [4.69, 9.17) is 17.3 Å². The zero-order valence-electron chi connectivity index (χ0n) is 15.9. The van der Waals surface area contributed by atoms with Gasteiger partial charge in [0.05, 0.1) is 22.8 Å². The van der Waals surface area contributed by atoms with Crippen molar-refractivity contribution in [2.24, 2.45) is 5.73 Å². The van der Waals surface area contributed by atoms with Crippen LogP contribution >= 0.6 is 11.6 Å². The first-order valence-electron chi connectivity index (χ1n) is 9.62. The molecule has 0 spiro atoms. The van der Waals surface area contributed by atoms with Gasteiger partial charge in [-0.05, 0) is 49.6 Å². The van der Waals surface area contributed by atoms with Crippen molar-refractivity contribution in [1.29, 1.82) is 0 Å². The fourth-order valence-electron chi connectivity index (χ4n) is 3.64. The van der Waals surface area contributed by atoms with E-state index < -0.39 is 5.91 Å². The molecule has 4 rings (SSSR count). The number of halogens is 1. The SMILES string of the molecule is NC(=O)c1cc(N2CCCCC2)ccc1NCc1cc(=O)n2cc(Cl)ccc2n1. The maximum atomic E-state index is 12.3. The fourth-order valence-corrected chi connectivity index (χ4v) is 3.80. The molecule has 1 aromatic carbocycles. The zero-order valence-corrected chi connectivity index (χ0v) is 16.7. The number of piperidine rings is 1. The van der Waals surface area contributed by atoms with E-state index in [1.807, 2.05) is 18.2 Å². The van der Waals surface area contributed by atoms with E-state index in [2.05, 4.69) is 15.2 Å². The number of carbonyl (C=O) groups is 1. The van der Waals surface area contributed by atoms with Crippen molar-refractivity contribution in [1.82, 2.24) is 9.38 Å². The standard InChI is InChI=1S/C21H22ClN5O2/c22-14-4-7-19-25-15(10-20(28)27(19)13-14)12-24-18-6-5-16(11-17(18)21(23)29)26-8-2-1-3-9-26/h4-7,10-11,13,24H,1-3,8-9,12H2,(H2,23,29). The number of benzene rings is 1. The normalized spacial score (nSPS) is 14.2. The molecule has 3 N–H and O–H groups in total. The van der Waals surface area contributed by atoms with Crippen LogP contribution in [0.1, 0.15) is 35.3 Å². The van der Waals surface area contributed by atoms with Crippen LogP contribution in [0.4, 0.5) is 11.4 Å². The second kappa shape index (κ2) is 8.13. The van der Waals surface area contributed by atoms with Gasteiger partial charge in [-0.15, -0.1) is 0 Å². The van der Waals surface area contributed by atoms with E-state index in [1.165, 1.54) is 23.1 Å². The number of hydrogen-bond acceptors (Lipinski definition) is 5. The van der Waals surface area contributed by atoms with Crippen LogP contribution in [0.25, 0.3) is 5.65 Å². The summed E-state index contributed by atoms with van der Waals surface area (Å²) in [5, 5.41) is 3.65. The van der Waals surface area contributed by atoms with Crippen LogP contribution < -0.4 is 21.5 Å². The Balaban J connectivity index is 1.57. The van der Waals surface area contributed by atoms with Gasteiger partial charge in [0.15, 0.2) is 0 Å². The summed E-state index contributed by atoms with van der Waals surface area (Å²) >= 11 is 5.94. The van der Waals surface area contributed by atoms with Gasteiger partial charge in [-0.25, -0.2) is 4.98 Å². The Hall–Kier alpha value is -3.06. The predicted molar refractivity (Wildman–Crippen MR) is 115 cm³/mol. The van der Waals surface area contributed by atoms with Crippen molar-refractivity contribution in [2.75, 3.05) is 23.3 Å². The lowest BCUT2D eigenvalue weighted by molar-refractivity contribution is 0.100. The van der Waals surface area contributed by atoms with Gasteiger partial charge >= 0.3 is 0 Å². The molecule has 1 amide bonds. The molecule has 3 aromatic rings. The Morgan fingerprint density at radius 1 is 1.14 bits per heavy atom. The molecular formula is C21H22ClN5O2. The summed E-state index contributed by atoms with van der Waals surface area (Å²) in [7, 11) is 0. The van der Waals surface area contributed by atoms with Crippen molar-refractivity contribution < 1.29 is 4.79 Å². The Kier molecular flexibility index (Phi) is 5.40. The smallest absolute Gasteiger partial charge is 0.258 e. The number of hydrogen-bond donors (Lipinski definition) is 2. The maximum Gasteiger partial charge on any atom is 0.258 e. The van der Waals surface area contributed by atoms with Gasteiger partial charge in [0.2, 0.25) is 0 Å². The number of anilines is 2. The molecule has 2 aromatic heterocycles. The first kappa shape index (κ1) is 19.3. The number of nitrogens with two attached hydrogens (primary N) is 1. The number of rotatable bonds is 5. The monoisotopic (exact) mass is 411 g/mol. The molecule has 1 aliphatic rings. The molecule has 7 nitrogen and oxygen atoms in total. The lowest BCUT2D eigenvalue weighted by Crippen LogP contribution is -2.29. The van der Waals surface area contributed by atoms with Crippen LogP contribution in [0.5, 0.6) is 0 Å². The van der Waals surface area contributed by atoms with Crippen LogP contribution in [0.3, 0.4) is 0 Å². The minimum absolute atomic E-state index is 0.218. The van der Waals surface area contributed by atoms with Crippen molar-refractivity contribution in [3.63, 3.8) is 0 Å². The van der Waals surface area contributed by atoms with Crippen LogP contribution in [-0.4, -0.2) is 28.4 Å². The van der Waals surface area contributed by atoms with Gasteiger partial charge in [0, 0.05) is 36.7 Å². The molecule has 0 bridgehead atoms. The van der Waals surface area contributed by atoms with E-state index >= 15 is 0 Å². The van der Waals surface area contributed by atoms with Gasteiger partial charge in [-0.2, -0.15) is 0 Å². The lowest BCUT2D eigenvalue weighted by atomic mass is 10.1. The van der Waals surface area contributed by atoms with Crippen LogP contribution in [0.15, 0.2) is 47.4 Å². The highest BCUT2D eigenvalue weighted by Crippen LogP contribution is 2.26. The molecule has 1 aliphatic heterocycles. The minimum atomic E-state index is -0.493. The molecule has 0 saturated carbocycles. The second-order valence-corrected chi connectivity index (χ2v) is 7.59. The third-order valence-corrected chi connectivity index (χ3v) is 5.35. The molecule has 29 heavy (non-hydrogen) atoms. The Morgan fingerprint density at radius 2 is 1.93 bits per heavy atom. The Labute approximate surface area is 173 Å². The van der Waals surface area contributed by atoms with Crippen LogP contribution in [0.2, 0.25) is 5.02 Å². The lowest BCUT2D eigenvalue weighted by Gasteiger charge is -2.29. The molecule has 0 atom stereocenters. The summed E-state index contributed by atoms with van der Waals surface area (Å²) in [5.41, 5.74) is 8.52. The van der Waals surface area contributed by atoms with Gasteiger partial charge < -0.3 is 16.0 Å². The highest BCUT2D eigenvalue weighted by Gasteiger charge is 2.15. The molecule has 1 fully saturated rings. The predicted octanol–water partition coefficient (Wildman–Crippen LogP) is 3.05. The average Bonchev–Trinajstić information content (AvgIpc) is 2.73. The number of pyridine rings is 1. The summed E-state index contributed by atoms with van der Waals surface area (Å²) in [5.74, 6) is -0.493. The van der Waals surface area contributed by atoms with E-state index in [9.17, 15) is 9.59 Å². The van der Waals surface area contributed by atoms with E-state index in [0.29, 0.717) is 27.6 Å². The van der Waals surface area contributed by atoms with Crippen LogP contribution in [0, 0.1) is 0 Å². The van der Waals surface area contributed by atoms with Gasteiger partial charge in [0.1, 0.15) is 5.65 Å². The quantitative estimate of drug-likeness (QED) is 0.673. The fraction of sp³-hybridized carbons (Fsp3) is 0.286. The molecule has 0 aliphatic carbocycles. The number of amides is 1. The number of carbonyl (C=O) groups excluding carboxylic acids is 1. The number of fused-ring (bicyclic) bond motifs is 1. The number of nitrogens with zero attached hydrogens (tertiary/aromatic N) is 3. The summed E-state index contributed by atoms with van der Waals surface area (Å²) < 4.78 is 1.40. The molecule has 0 radical (unpaired) electrons. The number of nitrogens with one attached hydrogen (secondary N) is 1. The molecule has 0 unspecified atom stereocenters. The van der Waals surface area contributed by atoms with Crippen molar-refractivity contribution in [3.05, 3.63) is 69.2 Å². The van der Waals surface area contributed by atoms with E-state index in [-0.39, 0.29) is 12.1 Å². The van der Waals surface area contributed by atoms with E-state index in [0.717, 1.165) is 31.6 Å². The highest BCUT2D eigenvalue weighted by molar-refractivity contribution is 6.30. The summed E-state index contributed by atoms with van der Waals surface area (Å²) in [6.07, 6.45) is 5.08. The highest BCUT2D eigenvalue weighted by atomic mass is 35.5. The van der Waals surface area contributed by atoms with Crippen molar-refractivity contribution >= 4 is 34.5 Å². The van der Waals surface area contributed by atoms with Crippen molar-refractivity contribution in [2.45, 2.75) is 25.8 Å². The largest absolute Gasteiger partial charge is 0.379 e. The third-order valence-electron chi connectivity index (χ3n) is 5.13. The molecule has 3 heterocycles. The molecule has 8 heteroatoms. The minimum Gasteiger partial charge on any atom is -0.379 e. The summed E-state index contributed by atoms with van der Waals surface area (Å²) in [4.78, 5) is 31.1. The van der Waals surface area contributed by atoms with Gasteiger partial charge in [0.25, 0.3) is 11.5 Å². The topological polar surface area (TPSA) is 92.7 Å². The Morgan fingerprint density at radius 3 is 2.69 bits per heavy atom. The van der Waals surface area contributed by atoms with Crippen LogP contribution in [-0.2, 0) is 6.54 Å². The zero-order chi connectivity index (χ0) is 20.4. The number of primary amides is 1. The summed E-state index contributed by atoms with van der Waals surface area (Å²) in [6, 6.07) is 10.5. The van der Waals surface area contributed by atoms with E-state index in [1.54, 1.807) is 12.1 Å². The molecular weight excluding hydrogens is 390 g/mol. The molecule has 1 saturated heterocycles. The Bertz CT molecular complexity index is 1120. The van der Waals surface area contributed by atoms with Gasteiger partial charge in [-0.3, -0.25) is 14.0 Å². The molecule has 150 valence electrons. The van der Waals surface area contributed by atoms with Gasteiger partial charge in [-0.1, -0.05) is 11.6 Å². The second-order valence-electron chi connectivity index (χ2n) is 7.16. The maximum absolute atomic E-state index is 12.3. The first-order chi connectivity index (χ1) is 14.0. The first-order valence-corrected chi connectivity index (χ1v) is 9.99. The number of aromatic nitrogens is 2. The average molecular weight is 412 g/mol. The van der Waals surface area contributed by atoms with Crippen molar-refractivity contribution in [3.8, 4) is 0 Å². The summed E-state index contributed by atoms with van der Waals surface area (Å²) in [6.45, 7) is 2.26.